The number of imidazole rings is 6. The molecule has 12 aromatic heterocycles. The molecule has 12 aromatic rings. The van der Waals surface area contributed by atoms with E-state index in [0.29, 0.717) is 132 Å². The van der Waals surface area contributed by atoms with E-state index in [1.807, 2.05) is 27.5 Å². The maximum absolute atomic E-state index is 10.6. The van der Waals surface area contributed by atoms with Crippen LogP contribution in [0, 0.1) is 5.92 Å². The first-order valence-corrected chi connectivity index (χ1v) is 69.0. The van der Waals surface area contributed by atoms with Gasteiger partial charge in [-0.1, -0.05) is 65.7 Å². The van der Waals surface area contributed by atoms with Crippen LogP contribution in [0.3, 0.4) is 0 Å². The molecule has 0 spiro atoms. The number of nitrogens with two attached hydrogens (primary N) is 6. The molecule has 49 heteroatoms. The highest BCUT2D eigenvalue weighted by molar-refractivity contribution is 14.1. The Kier molecular flexibility index (Phi) is 37.9. The van der Waals surface area contributed by atoms with E-state index >= 15 is 0 Å². The predicted octanol–water partition coefficient (Wildman–Crippen LogP) is 9.86. The summed E-state index contributed by atoms with van der Waals surface area (Å²) in [5, 5.41) is 84.0. The van der Waals surface area contributed by atoms with Crippen LogP contribution in [0.25, 0.3) is 67.0 Å². The van der Waals surface area contributed by atoms with Gasteiger partial charge in [0.15, 0.2) is 76.7 Å². The molecule has 0 amide bonds. The molecule has 18 rings (SSSR count). The van der Waals surface area contributed by atoms with Crippen molar-refractivity contribution in [3.8, 4) is 0 Å². The lowest BCUT2D eigenvalue weighted by Gasteiger charge is -2.20. The zero-order chi connectivity index (χ0) is 106. The van der Waals surface area contributed by atoms with Crippen molar-refractivity contribution < 1.29 is 74.0 Å². The van der Waals surface area contributed by atoms with Gasteiger partial charge in [-0.05, 0) is 186 Å². The third-order valence-electron chi connectivity index (χ3n) is 26.3. The van der Waals surface area contributed by atoms with E-state index in [4.69, 9.17) is 67.6 Å². The third-order valence-corrected chi connectivity index (χ3v) is 37.5. The molecular formula is C96H150BrIN26O15P6. The Morgan fingerprint density at radius 2 is 0.634 bits per heavy atom. The molecule has 0 bridgehead atoms. The second kappa shape index (κ2) is 47.8. The number of unbranched alkanes of at least 4 members (excludes halogenated alkanes) is 1. The molecule has 0 aliphatic carbocycles. The Hall–Kier alpha value is -7.21. The Morgan fingerprint density at radius 3 is 0.993 bits per heavy atom. The number of fused-ring (bicyclic) bond motifs is 6. The smallest absolute Gasteiger partial charge is 0.167 e. The van der Waals surface area contributed by atoms with Gasteiger partial charge >= 0.3 is 0 Å². The van der Waals surface area contributed by atoms with Gasteiger partial charge in [-0.2, -0.15) is 0 Å². The lowest BCUT2D eigenvalue weighted by atomic mass is 10.0. The van der Waals surface area contributed by atoms with Gasteiger partial charge in [-0.25, -0.2) is 69.8 Å². The van der Waals surface area contributed by atoms with Crippen molar-refractivity contribution in [2.45, 2.75) is 223 Å². The van der Waals surface area contributed by atoms with E-state index in [1.54, 1.807) is 102 Å². The average Bonchev–Trinajstić information content (AvgIpc) is 1.65. The number of methoxy groups -OCH3 is 1. The number of pyridine rings is 4. The molecule has 0 radical (unpaired) electrons. The monoisotopic (exact) mass is 2300 g/mol. The summed E-state index contributed by atoms with van der Waals surface area (Å²) < 4.78 is 52.6. The minimum absolute atomic E-state index is 0.0353. The van der Waals surface area contributed by atoms with E-state index in [9.17, 15) is 40.9 Å². The Morgan fingerprint density at radius 1 is 0.352 bits per heavy atom. The van der Waals surface area contributed by atoms with Crippen molar-refractivity contribution in [1.82, 2.24) is 97.2 Å². The van der Waals surface area contributed by atoms with Crippen LogP contribution in [0.5, 0.6) is 0 Å². The van der Waals surface area contributed by atoms with Gasteiger partial charge in [0.1, 0.15) is 87.6 Å². The molecule has 18 heterocycles. The Labute approximate surface area is 869 Å². The van der Waals surface area contributed by atoms with E-state index in [0.717, 1.165) is 81.9 Å². The molecule has 20 N–H and O–H groups in total. The summed E-state index contributed by atoms with van der Waals surface area (Å²) >= 11 is 5.82. The number of ether oxygens (including phenoxy) is 7. The fraction of sp³-hybridized carbons (Fsp3) is 0.583. The summed E-state index contributed by atoms with van der Waals surface area (Å²) in [6.45, 7) is 25.1. The standard InChI is InChI=1S/C18H30N5O3P.C16H26N5O3P.C16H25N4O3P.C16H25N4O2P.C15H22BrN4O2P.C15H22IN4O2P/c1-5-6-7-12-21-16(19)13-17(22-12)23(10-20-13)18-15(25)14(24)11(26-18)8-9-27(2,3)4;1-5-10-19-14(17)11-15(20-10)21(8-18-11)16-13(23)12(22)9(24-16)6-7-25(2,3)4;1-22-14-13(21)11(6-8-24(2,3)4)23-16(14)20-9-19-12-10(17)5-7-18-15(12)20;1-10-14(21)12(6-8-23(2,3)4)22-16(10)20-9-19-13-11(17)5-7-18-15(13)20;2*1-23(2,3)7-5-10-13(21)11(16)15(22-10)20-8-19-12-9(17)4-6-18-14(12)20/h10-11,14-15,18,24-25H,2,5-9H2,1,3-4H3,(H2,19,21,22);8-9,12-13,16,22-23H,2,5-7H2,1,3-4H3,(H2,17,19,20);5,7,9,11,13-14,16,21H,2,6,8H2,1,3-4H3,(H2,17,18);5,7,9-10,12,14,16,21H,2,6,8H2,1,3-4H3,(H2,17,18);2*4,6,8,10-11,13,15,21H,1,5,7H2,2-3H3,(H2,17,18)/t11-,14-,15-,18-;9-,12-,13-,16-;11-,13-,14-,16-;10-,12-,14+,16-;2*10-,11-,13-,15-/m111111/s1. The lowest BCUT2D eigenvalue weighted by Crippen LogP contribution is -2.33. The number of anilines is 6. The molecule has 41 nitrogen and oxygen atoms in total. The molecule has 0 unspecified atom stereocenters. The van der Waals surface area contributed by atoms with Crippen LogP contribution >= 0.6 is 79.8 Å². The zero-order valence-electron chi connectivity index (χ0n) is 85.8. The topological polar surface area (TPSA) is 593 Å². The molecule has 0 saturated carbocycles. The lowest BCUT2D eigenvalue weighted by molar-refractivity contribution is -0.0496. The molecule has 6 aliphatic heterocycles. The number of aryl methyl sites for hydroxylation is 2. The first-order valence-electron chi connectivity index (χ1n) is 48.6. The summed E-state index contributed by atoms with van der Waals surface area (Å²) in [6, 6.07) is 6.89. The fourth-order valence-corrected chi connectivity index (χ4v) is 25.4. The first kappa shape index (κ1) is 115. The average molecular weight is 2300 g/mol. The van der Waals surface area contributed by atoms with E-state index in [-0.39, 0.29) is 57.8 Å². The van der Waals surface area contributed by atoms with Crippen LogP contribution in [-0.2, 0) is 46.0 Å². The maximum atomic E-state index is 10.6. The predicted molar refractivity (Wildman–Crippen MR) is 609 cm³/mol. The van der Waals surface area contributed by atoms with Gasteiger partial charge in [-0.15, -0.1) is 79.1 Å². The Balaban J connectivity index is 0.000000146. The van der Waals surface area contributed by atoms with Crippen molar-refractivity contribution in [2.75, 3.05) is 158 Å². The number of hydrogen-bond donors (Lipinski definition) is 14. The summed E-state index contributed by atoms with van der Waals surface area (Å²) in [5.74, 6) is 1.83. The van der Waals surface area contributed by atoms with Crippen LogP contribution in [0.4, 0.5) is 34.4 Å². The number of halogens is 2. The van der Waals surface area contributed by atoms with Crippen LogP contribution in [-0.4, -0.2) is 400 Å². The second-order valence-corrected chi connectivity index (χ2v) is 70.9. The number of hydrogen-bond acceptors (Lipinski definition) is 35. The van der Waals surface area contributed by atoms with Crippen molar-refractivity contribution in [2.24, 2.45) is 5.92 Å². The normalized spacial score (nSPS) is 27.7. The molecule has 6 fully saturated rings. The summed E-state index contributed by atoms with van der Waals surface area (Å²) in [6.07, 6.45) is 43.7. The summed E-state index contributed by atoms with van der Waals surface area (Å²) in [7, 11) is 1.58. The van der Waals surface area contributed by atoms with E-state index < -0.39 is 127 Å². The number of alkyl halides is 2. The maximum Gasteiger partial charge on any atom is 0.167 e. The van der Waals surface area contributed by atoms with Gasteiger partial charge in [-0.3, -0.25) is 27.4 Å². The summed E-state index contributed by atoms with van der Waals surface area (Å²) in [5.41, 5.74) is 45.4. The number of rotatable bonds is 29. The van der Waals surface area contributed by atoms with Gasteiger partial charge in [0, 0.05) is 50.7 Å². The van der Waals surface area contributed by atoms with Crippen molar-refractivity contribution in [1.29, 1.82) is 0 Å². The van der Waals surface area contributed by atoms with Crippen molar-refractivity contribution in [3.05, 3.63) is 98.7 Å². The number of aliphatic hydroxyl groups is 8. The number of aliphatic hydroxyl groups excluding tert-OH is 8. The SMILES string of the molecule is C=P(C)(C)CC[C@H]1O[C@@H](n2cnc3c(N)ccnc32)[C@H](Br)[C@@H]1O.C=P(C)(C)CC[C@H]1O[C@@H](n2cnc3c(N)ccnc32)[C@H](C)[C@@H]1O.C=P(C)(C)CC[C@H]1O[C@@H](n2cnc3c(N)ccnc32)[C@H](I)[C@@H]1O.C=P(C)(C)CC[C@H]1O[C@@H](n2cnc3c(N)ccnc32)[C@H](OC)[C@@H]1O.C=P(C)(C)CC[C@H]1O[C@@H](n2cnc3c(N)nc(CC)nc32)[C@H](O)[C@@H]1O.C=P(C)(C)CC[C@H]1O[C@@H](n2cnc3c(N)nc(CCCC)nc32)[C@H](O)[C@@H]1O. The highest BCUT2D eigenvalue weighted by Crippen LogP contribution is 2.49. The zero-order valence-corrected chi connectivity index (χ0v) is 94.9. The number of aromatic nitrogens is 20. The second-order valence-electron chi connectivity index (χ2n) is 42.5. The van der Waals surface area contributed by atoms with Crippen LogP contribution in [0.2, 0.25) is 0 Å². The van der Waals surface area contributed by atoms with Crippen LogP contribution in [0.1, 0.15) is 121 Å². The quantitative estimate of drug-likeness (QED) is 0.0118. The van der Waals surface area contributed by atoms with E-state index in [1.165, 1.54) is 6.33 Å². The molecule has 798 valence electrons. The number of nitrogens with zero attached hydrogens (tertiary/aromatic N) is 20. The van der Waals surface area contributed by atoms with Gasteiger partial charge < -0.3 is 108 Å². The Bertz CT molecular complexity index is 6450. The minimum Gasteiger partial charge on any atom is -0.397 e. The molecule has 145 heavy (non-hydrogen) atoms. The highest BCUT2D eigenvalue weighted by atomic mass is 127. The van der Waals surface area contributed by atoms with Gasteiger partial charge in [0.2, 0.25) is 0 Å². The third kappa shape index (κ3) is 27.8. The largest absolute Gasteiger partial charge is 0.397 e. The van der Waals surface area contributed by atoms with Crippen LogP contribution in [0.15, 0.2) is 87.0 Å². The molecule has 0 aromatic carbocycles. The molecule has 24 atom stereocenters. The van der Waals surface area contributed by atoms with Crippen LogP contribution < -0.4 is 34.4 Å². The highest BCUT2D eigenvalue weighted by Gasteiger charge is 2.51. The summed E-state index contributed by atoms with van der Waals surface area (Å²) in [4.78, 5) is 60.6. The number of nitrogen functional groups attached to an aromatic ring is 6. The molecule has 6 saturated heterocycles. The minimum atomic E-state index is -1.24. The van der Waals surface area contributed by atoms with Gasteiger partial charge in [0.25, 0.3) is 0 Å². The van der Waals surface area contributed by atoms with Gasteiger partial charge in [0.05, 0.1) is 124 Å². The molecule has 6 aliphatic rings. The van der Waals surface area contributed by atoms with E-state index in [2.05, 4.69) is 233 Å². The molecular weight excluding hydrogens is 2150 g/mol. The van der Waals surface area contributed by atoms with Crippen molar-refractivity contribution in [3.63, 3.8) is 0 Å². The van der Waals surface area contributed by atoms with Crippen molar-refractivity contribution >= 4 is 219 Å². The first-order chi connectivity index (χ1) is 68.1. The fourth-order valence-electron chi connectivity index (χ4n) is 18.0.